The number of ether oxygens (including phenoxy) is 1. The second-order valence-corrected chi connectivity index (χ2v) is 7.08. The highest BCUT2D eigenvalue weighted by atomic mass is 35.5. The Hall–Kier alpha value is -0.870. The number of benzene rings is 2. The molecular weight excluding hydrogens is 363 g/mol. The Kier molecular flexibility index (Phi) is 6.45. The summed E-state index contributed by atoms with van der Waals surface area (Å²) < 4.78 is 4.89. The summed E-state index contributed by atoms with van der Waals surface area (Å²) in [7, 11) is 1.38. The minimum Gasteiger partial charge on any atom is -0.468 e. The molecule has 2 aromatic carbocycles. The third kappa shape index (κ3) is 4.82. The zero-order chi connectivity index (χ0) is 16.1. The molecule has 0 aliphatic carbocycles. The fourth-order valence-electron chi connectivity index (χ4n) is 1.87. The van der Waals surface area contributed by atoms with Gasteiger partial charge in [-0.05, 0) is 48.4 Å². The molecule has 1 atom stereocenters. The number of methoxy groups -OCH3 is 1. The van der Waals surface area contributed by atoms with Gasteiger partial charge < -0.3 is 4.74 Å². The van der Waals surface area contributed by atoms with Crippen LogP contribution in [0.1, 0.15) is 5.56 Å². The van der Waals surface area contributed by atoms with Crippen LogP contribution in [0, 0.1) is 0 Å². The van der Waals surface area contributed by atoms with Crippen molar-refractivity contribution in [3.8, 4) is 0 Å². The van der Waals surface area contributed by atoms with Crippen LogP contribution in [0.4, 0.5) is 0 Å². The largest absolute Gasteiger partial charge is 0.468 e. The van der Waals surface area contributed by atoms with Crippen molar-refractivity contribution < 1.29 is 9.53 Å². The molecule has 116 valence electrons. The zero-order valence-electron chi connectivity index (χ0n) is 11.7. The van der Waals surface area contributed by atoms with Crippen molar-refractivity contribution >= 4 is 52.5 Å². The lowest BCUT2D eigenvalue weighted by molar-refractivity contribution is -0.139. The summed E-state index contributed by atoms with van der Waals surface area (Å²) in [4.78, 5) is 13.0. The van der Waals surface area contributed by atoms with Crippen LogP contribution < -0.4 is 0 Å². The first-order chi connectivity index (χ1) is 10.5. The lowest BCUT2D eigenvalue weighted by Gasteiger charge is -2.15. The minimum absolute atomic E-state index is 0.300. The molecular formula is C16H13Cl3O2S. The molecule has 0 radical (unpaired) electrons. The first-order valence-electron chi connectivity index (χ1n) is 6.43. The van der Waals surface area contributed by atoms with E-state index in [4.69, 9.17) is 39.5 Å². The molecule has 0 saturated heterocycles. The van der Waals surface area contributed by atoms with Gasteiger partial charge in [-0.1, -0.05) is 40.9 Å². The molecule has 0 N–H and O–H groups in total. The van der Waals surface area contributed by atoms with Crippen LogP contribution in [0.15, 0.2) is 47.4 Å². The quantitative estimate of drug-likeness (QED) is 0.508. The van der Waals surface area contributed by atoms with Gasteiger partial charge in [0.25, 0.3) is 0 Å². The predicted octanol–water partition coefficient (Wildman–Crippen LogP) is 5.52. The van der Waals surface area contributed by atoms with Crippen molar-refractivity contribution in [1.82, 2.24) is 0 Å². The molecule has 2 nitrogen and oxygen atoms in total. The highest BCUT2D eigenvalue weighted by Crippen LogP contribution is 2.30. The van der Waals surface area contributed by atoms with E-state index in [2.05, 4.69) is 0 Å². The highest BCUT2D eigenvalue weighted by Gasteiger charge is 2.22. The van der Waals surface area contributed by atoms with Crippen molar-refractivity contribution in [1.29, 1.82) is 0 Å². The molecule has 6 heteroatoms. The van der Waals surface area contributed by atoms with E-state index in [1.807, 2.05) is 18.2 Å². The van der Waals surface area contributed by atoms with Crippen LogP contribution in [0.3, 0.4) is 0 Å². The molecule has 0 aliphatic heterocycles. The van der Waals surface area contributed by atoms with Crippen LogP contribution in [-0.4, -0.2) is 18.3 Å². The molecule has 2 rings (SSSR count). The maximum Gasteiger partial charge on any atom is 0.319 e. The number of esters is 1. The summed E-state index contributed by atoms with van der Waals surface area (Å²) in [5.41, 5.74) is 0.850. The second-order valence-electron chi connectivity index (χ2n) is 4.52. The van der Waals surface area contributed by atoms with Gasteiger partial charge in [0.05, 0.1) is 7.11 Å². The average Bonchev–Trinajstić information content (AvgIpc) is 2.50. The normalized spacial score (nSPS) is 12.0. The minimum atomic E-state index is -0.398. The van der Waals surface area contributed by atoms with E-state index in [1.165, 1.54) is 18.9 Å². The Labute approximate surface area is 148 Å². The van der Waals surface area contributed by atoms with Crippen LogP contribution in [-0.2, 0) is 16.0 Å². The monoisotopic (exact) mass is 374 g/mol. The maximum atomic E-state index is 12.0. The third-order valence-corrected chi connectivity index (χ3v) is 5.00. The molecule has 0 heterocycles. The molecule has 0 saturated carbocycles. The van der Waals surface area contributed by atoms with Gasteiger partial charge in [0.1, 0.15) is 5.25 Å². The van der Waals surface area contributed by atoms with E-state index in [-0.39, 0.29) is 5.97 Å². The summed E-state index contributed by atoms with van der Waals surface area (Å²) in [5, 5.41) is 1.36. The maximum absolute atomic E-state index is 12.0. The number of carbonyl (C=O) groups is 1. The Bertz CT molecular complexity index is 659. The van der Waals surface area contributed by atoms with Crippen LogP contribution >= 0.6 is 46.6 Å². The van der Waals surface area contributed by atoms with Crippen LogP contribution in [0.2, 0.25) is 15.1 Å². The Morgan fingerprint density at radius 2 is 1.73 bits per heavy atom. The van der Waals surface area contributed by atoms with E-state index in [0.29, 0.717) is 21.5 Å². The SMILES string of the molecule is COC(=O)[C@H](Cc1ccc(Cl)cc1Cl)Sc1ccc(Cl)cc1. The molecule has 2 aromatic rings. The van der Waals surface area contributed by atoms with Crippen LogP contribution in [0.25, 0.3) is 0 Å². The van der Waals surface area contributed by atoms with Gasteiger partial charge in [0.15, 0.2) is 0 Å². The number of halogens is 3. The van der Waals surface area contributed by atoms with Gasteiger partial charge in [-0.15, -0.1) is 11.8 Å². The van der Waals surface area contributed by atoms with Crippen molar-refractivity contribution in [2.75, 3.05) is 7.11 Å². The molecule has 0 aliphatic rings. The number of rotatable bonds is 5. The number of hydrogen-bond donors (Lipinski definition) is 0. The van der Waals surface area contributed by atoms with E-state index < -0.39 is 5.25 Å². The lowest BCUT2D eigenvalue weighted by atomic mass is 10.1. The smallest absolute Gasteiger partial charge is 0.319 e. The molecule has 22 heavy (non-hydrogen) atoms. The predicted molar refractivity (Wildman–Crippen MR) is 93.3 cm³/mol. The standard InChI is InChI=1S/C16H13Cl3O2S/c1-21-16(20)15(22-13-6-4-11(17)5-7-13)8-10-2-3-12(18)9-14(10)19/h2-7,9,15H,8H2,1H3/t15-/m0/s1. The molecule has 0 bridgehead atoms. The van der Waals surface area contributed by atoms with E-state index in [0.717, 1.165) is 10.5 Å². The molecule has 0 fully saturated rings. The van der Waals surface area contributed by atoms with Gasteiger partial charge in [0, 0.05) is 20.0 Å². The van der Waals surface area contributed by atoms with E-state index in [9.17, 15) is 4.79 Å². The first-order valence-corrected chi connectivity index (χ1v) is 8.45. The molecule has 0 amide bonds. The van der Waals surface area contributed by atoms with E-state index >= 15 is 0 Å². The summed E-state index contributed by atoms with van der Waals surface area (Å²) in [6.07, 6.45) is 0.454. The summed E-state index contributed by atoms with van der Waals surface area (Å²) in [5.74, 6) is -0.300. The van der Waals surface area contributed by atoms with Gasteiger partial charge in [0.2, 0.25) is 0 Å². The Balaban J connectivity index is 2.19. The number of carbonyl (C=O) groups excluding carboxylic acids is 1. The van der Waals surface area contributed by atoms with Gasteiger partial charge in [-0.3, -0.25) is 4.79 Å². The van der Waals surface area contributed by atoms with Gasteiger partial charge >= 0.3 is 5.97 Å². The molecule has 0 unspecified atom stereocenters. The van der Waals surface area contributed by atoms with Gasteiger partial charge in [-0.2, -0.15) is 0 Å². The third-order valence-electron chi connectivity index (χ3n) is 2.98. The second kappa shape index (κ2) is 8.11. The Morgan fingerprint density at radius 3 is 2.32 bits per heavy atom. The summed E-state index contributed by atoms with van der Waals surface area (Å²) in [6, 6.07) is 12.5. The fraction of sp³-hybridized carbons (Fsp3) is 0.188. The topological polar surface area (TPSA) is 26.3 Å². The van der Waals surface area contributed by atoms with Crippen molar-refractivity contribution in [3.63, 3.8) is 0 Å². The number of hydrogen-bond acceptors (Lipinski definition) is 3. The lowest BCUT2D eigenvalue weighted by Crippen LogP contribution is -2.21. The fourth-order valence-corrected chi connectivity index (χ4v) is 3.56. The van der Waals surface area contributed by atoms with Crippen LogP contribution in [0.5, 0.6) is 0 Å². The van der Waals surface area contributed by atoms with Crippen molar-refractivity contribution in [2.24, 2.45) is 0 Å². The first kappa shape index (κ1) is 17.5. The van der Waals surface area contributed by atoms with Crippen molar-refractivity contribution in [3.05, 3.63) is 63.1 Å². The molecule has 0 aromatic heterocycles. The summed E-state index contributed by atoms with van der Waals surface area (Å²) >= 11 is 19.4. The Morgan fingerprint density at radius 1 is 1.09 bits per heavy atom. The molecule has 0 spiro atoms. The van der Waals surface area contributed by atoms with Crippen molar-refractivity contribution in [2.45, 2.75) is 16.6 Å². The summed E-state index contributed by atoms with van der Waals surface area (Å²) in [6.45, 7) is 0. The average molecular weight is 376 g/mol. The highest BCUT2D eigenvalue weighted by molar-refractivity contribution is 8.00. The zero-order valence-corrected chi connectivity index (χ0v) is 14.8. The van der Waals surface area contributed by atoms with E-state index in [1.54, 1.807) is 24.3 Å². The van der Waals surface area contributed by atoms with Gasteiger partial charge in [-0.25, -0.2) is 0 Å². The number of thioether (sulfide) groups is 1.